The van der Waals surface area contributed by atoms with Crippen molar-refractivity contribution in [1.82, 2.24) is 5.32 Å². The van der Waals surface area contributed by atoms with Crippen LogP contribution in [-0.4, -0.2) is 24.5 Å². The minimum atomic E-state index is -0.926. The first-order valence-corrected chi connectivity index (χ1v) is 11.0. The third-order valence-electron chi connectivity index (χ3n) is 5.29. The van der Waals surface area contributed by atoms with Gasteiger partial charge in [-0.2, -0.15) is 5.26 Å². The van der Waals surface area contributed by atoms with E-state index in [1.807, 2.05) is 6.07 Å². The van der Waals surface area contributed by atoms with E-state index in [1.54, 1.807) is 43.3 Å². The molecule has 0 aromatic heterocycles. The number of rotatable bonds is 7. The van der Waals surface area contributed by atoms with Gasteiger partial charge in [-0.1, -0.05) is 24.3 Å². The Balaban J connectivity index is 1.62. The highest BCUT2D eigenvalue weighted by Gasteiger charge is 2.36. The second-order valence-electron chi connectivity index (χ2n) is 7.63. The summed E-state index contributed by atoms with van der Waals surface area (Å²) in [4.78, 5) is 38.6. The summed E-state index contributed by atoms with van der Waals surface area (Å²) in [5, 5.41) is 11.4. The van der Waals surface area contributed by atoms with Crippen LogP contribution in [0.25, 0.3) is 6.08 Å². The van der Waals surface area contributed by atoms with Crippen LogP contribution in [0.5, 0.6) is 11.5 Å². The Morgan fingerprint density at radius 1 is 1.00 bits per heavy atom. The third kappa shape index (κ3) is 5.08. The zero-order valence-corrected chi connectivity index (χ0v) is 19.2. The number of anilines is 1. The zero-order valence-electron chi connectivity index (χ0n) is 19.2. The lowest BCUT2D eigenvalue weighted by Crippen LogP contribution is -2.54. The van der Waals surface area contributed by atoms with E-state index < -0.39 is 23.7 Å². The molecular formula is C27H20FN3O5. The summed E-state index contributed by atoms with van der Waals surface area (Å²) in [6.45, 7) is 2.27. The molecule has 8 nitrogen and oxygen atoms in total. The number of urea groups is 1. The van der Waals surface area contributed by atoms with Crippen LogP contribution in [0.2, 0.25) is 0 Å². The molecule has 9 heteroatoms. The van der Waals surface area contributed by atoms with Gasteiger partial charge >= 0.3 is 6.03 Å². The van der Waals surface area contributed by atoms with Crippen molar-refractivity contribution < 1.29 is 28.2 Å². The molecule has 180 valence electrons. The lowest BCUT2D eigenvalue weighted by molar-refractivity contribution is -0.122. The Morgan fingerprint density at radius 3 is 2.47 bits per heavy atom. The van der Waals surface area contributed by atoms with E-state index in [2.05, 4.69) is 11.4 Å². The maximum atomic E-state index is 13.3. The molecule has 1 saturated heterocycles. The average Bonchev–Trinajstić information content (AvgIpc) is 2.87. The molecule has 3 aromatic rings. The second-order valence-corrected chi connectivity index (χ2v) is 7.63. The first-order valence-electron chi connectivity index (χ1n) is 11.0. The summed E-state index contributed by atoms with van der Waals surface area (Å²) in [6.07, 6.45) is 1.33. The molecule has 1 fully saturated rings. The largest absolute Gasteiger partial charge is 0.490 e. The van der Waals surface area contributed by atoms with Crippen LogP contribution in [0.3, 0.4) is 0 Å². The highest BCUT2D eigenvalue weighted by atomic mass is 19.1. The summed E-state index contributed by atoms with van der Waals surface area (Å²) in [5.74, 6) is -1.44. The van der Waals surface area contributed by atoms with Gasteiger partial charge in [0.05, 0.1) is 23.9 Å². The van der Waals surface area contributed by atoms with Gasteiger partial charge < -0.3 is 9.47 Å². The normalized spacial score (nSPS) is 14.4. The highest BCUT2D eigenvalue weighted by Crippen LogP contribution is 2.31. The monoisotopic (exact) mass is 485 g/mol. The minimum Gasteiger partial charge on any atom is -0.490 e. The number of barbiturate groups is 1. The maximum Gasteiger partial charge on any atom is 0.335 e. The molecule has 1 aliphatic heterocycles. The lowest BCUT2D eigenvalue weighted by Gasteiger charge is -2.26. The van der Waals surface area contributed by atoms with Crippen molar-refractivity contribution in [1.29, 1.82) is 5.26 Å². The number of ether oxygens (including phenoxy) is 2. The van der Waals surface area contributed by atoms with Gasteiger partial charge in [-0.3, -0.25) is 14.9 Å². The van der Waals surface area contributed by atoms with E-state index >= 15 is 0 Å². The van der Waals surface area contributed by atoms with Gasteiger partial charge in [0.25, 0.3) is 11.8 Å². The van der Waals surface area contributed by atoms with E-state index in [0.29, 0.717) is 34.8 Å². The summed E-state index contributed by atoms with van der Waals surface area (Å²) < 4.78 is 24.8. The summed E-state index contributed by atoms with van der Waals surface area (Å²) in [6, 6.07) is 17.9. The van der Waals surface area contributed by atoms with Crippen molar-refractivity contribution in [2.45, 2.75) is 13.5 Å². The molecular weight excluding hydrogens is 465 g/mol. The number of hydrogen-bond acceptors (Lipinski definition) is 6. The van der Waals surface area contributed by atoms with Crippen molar-refractivity contribution in [3.05, 3.63) is 94.8 Å². The molecule has 0 saturated carbocycles. The molecule has 1 N–H and O–H groups in total. The van der Waals surface area contributed by atoms with Crippen molar-refractivity contribution >= 4 is 29.6 Å². The Bertz CT molecular complexity index is 1410. The Kier molecular flexibility index (Phi) is 7.07. The topological polar surface area (TPSA) is 109 Å². The number of carbonyl (C=O) groups excluding carboxylic acids is 3. The number of halogens is 1. The maximum absolute atomic E-state index is 13.3. The van der Waals surface area contributed by atoms with Gasteiger partial charge in [0, 0.05) is 5.56 Å². The Labute approximate surface area is 206 Å². The highest BCUT2D eigenvalue weighted by molar-refractivity contribution is 6.39. The van der Waals surface area contributed by atoms with Gasteiger partial charge in [-0.15, -0.1) is 0 Å². The van der Waals surface area contributed by atoms with Crippen LogP contribution < -0.4 is 19.7 Å². The van der Waals surface area contributed by atoms with E-state index in [1.165, 1.54) is 18.2 Å². The average molecular weight is 485 g/mol. The molecule has 1 heterocycles. The van der Waals surface area contributed by atoms with Crippen LogP contribution in [0.15, 0.2) is 72.3 Å². The first kappa shape index (κ1) is 24.2. The van der Waals surface area contributed by atoms with Gasteiger partial charge in [0.15, 0.2) is 11.5 Å². The van der Waals surface area contributed by atoms with Crippen molar-refractivity contribution in [3.63, 3.8) is 0 Å². The summed E-state index contributed by atoms with van der Waals surface area (Å²) >= 11 is 0. The fraction of sp³-hybridized carbons (Fsp3) is 0.111. The van der Waals surface area contributed by atoms with Crippen LogP contribution in [-0.2, 0) is 16.2 Å². The number of imide groups is 2. The molecule has 0 spiro atoms. The zero-order chi connectivity index (χ0) is 25.7. The summed E-state index contributed by atoms with van der Waals surface area (Å²) in [7, 11) is 0. The van der Waals surface area contributed by atoms with E-state index in [9.17, 15) is 24.0 Å². The van der Waals surface area contributed by atoms with Crippen molar-refractivity contribution in [3.8, 4) is 17.6 Å². The van der Waals surface area contributed by atoms with Gasteiger partial charge in [-0.05, 0) is 61.0 Å². The number of amides is 4. The smallest absolute Gasteiger partial charge is 0.335 e. The third-order valence-corrected chi connectivity index (χ3v) is 5.29. The number of carbonyl (C=O) groups is 3. The van der Waals surface area contributed by atoms with E-state index in [-0.39, 0.29) is 17.9 Å². The number of nitrogens with zero attached hydrogens (tertiary/aromatic N) is 2. The van der Waals surface area contributed by atoms with Gasteiger partial charge in [0.2, 0.25) is 0 Å². The Morgan fingerprint density at radius 2 is 1.75 bits per heavy atom. The molecule has 36 heavy (non-hydrogen) atoms. The van der Waals surface area contributed by atoms with Crippen molar-refractivity contribution in [2.75, 3.05) is 11.5 Å². The van der Waals surface area contributed by atoms with Crippen LogP contribution in [0.1, 0.15) is 23.6 Å². The lowest BCUT2D eigenvalue weighted by atomic mass is 10.1. The quantitative estimate of drug-likeness (QED) is 0.394. The molecule has 0 bridgehead atoms. The number of nitriles is 1. The molecule has 0 aliphatic carbocycles. The second kappa shape index (κ2) is 10.5. The number of benzene rings is 3. The van der Waals surface area contributed by atoms with E-state index in [4.69, 9.17) is 9.47 Å². The number of nitrogens with one attached hydrogen (secondary N) is 1. The molecule has 4 amide bonds. The molecule has 4 rings (SSSR count). The van der Waals surface area contributed by atoms with Crippen LogP contribution in [0, 0.1) is 17.1 Å². The van der Waals surface area contributed by atoms with Crippen LogP contribution in [0.4, 0.5) is 14.9 Å². The predicted octanol–water partition coefficient (Wildman–Crippen LogP) is 4.34. The SMILES string of the molecule is CCOc1cc(/C=C2\C(=O)NC(=O)N(c3ccc(F)cc3)C2=O)ccc1OCc1ccccc1C#N. The Hall–Kier alpha value is -4.97. The molecule has 1 aliphatic rings. The summed E-state index contributed by atoms with van der Waals surface area (Å²) in [5.41, 5.74) is 1.50. The molecule has 0 radical (unpaired) electrons. The van der Waals surface area contributed by atoms with Crippen LogP contribution >= 0.6 is 0 Å². The van der Waals surface area contributed by atoms with E-state index in [0.717, 1.165) is 17.0 Å². The minimum absolute atomic E-state index is 0.119. The molecule has 3 aromatic carbocycles. The fourth-order valence-electron chi connectivity index (χ4n) is 3.56. The van der Waals surface area contributed by atoms with Gasteiger partial charge in [0.1, 0.15) is 18.0 Å². The number of hydrogen-bond donors (Lipinski definition) is 1. The molecule has 0 atom stereocenters. The fourth-order valence-corrected chi connectivity index (χ4v) is 3.56. The first-order chi connectivity index (χ1) is 17.4. The van der Waals surface area contributed by atoms with Crippen molar-refractivity contribution in [2.24, 2.45) is 0 Å². The molecule has 0 unspecified atom stereocenters. The standard InChI is InChI=1S/C27H20FN3O5/c1-2-35-24-14-17(7-12-23(24)36-16-19-6-4-3-5-18(19)15-29)13-22-25(32)30-27(34)31(26(22)33)21-10-8-20(28)9-11-21/h3-14H,2,16H2,1H3,(H,30,32,34)/b22-13+. The van der Waals surface area contributed by atoms with Gasteiger partial charge in [-0.25, -0.2) is 14.1 Å². The predicted molar refractivity (Wildman–Crippen MR) is 129 cm³/mol.